The molecule has 0 unspecified atom stereocenters. The number of pyridine rings is 2. The summed E-state index contributed by atoms with van der Waals surface area (Å²) in [5.41, 5.74) is 3.94. The Morgan fingerprint density at radius 2 is 1.60 bits per heavy atom. The van der Waals surface area contributed by atoms with E-state index < -0.39 is 25.0 Å². The number of hydrogen-bond donors (Lipinski definition) is 0. The molecule has 0 atom stereocenters. The van der Waals surface area contributed by atoms with Crippen molar-refractivity contribution in [2.75, 3.05) is 0 Å². The van der Waals surface area contributed by atoms with Crippen molar-refractivity contribution < 1.29 is 25.9 Å². The first-order valence-corrected chi connectivity index (χ1v) is 21.1. The van der Waals surface area contributed by atoms with Gasteiger partial charge < -0.3 is 4.98 Å². The Labute approximate surface area is 257 Å². The molecule has 2 nitrogen and oxygen atoms in total. The molecular formula is C34H31FGeIrN2S-2. The van der Waals surface area contributed by atoms with E-state index in [4.69, 9.17) is 1.37 Å². The fourth-order valence-corrected chi connectivity index (χ4v) is 7.77. The first-order chi connectivity index (χ1) is 19.0. The molecule has 0 fully saturated rings. The van der Waals surface area contributed by atoms with Gasteiger partial charge in [0.15, 0.2) is 0 Å². The Balaban J connectivity index is 0.000000200. The van der Waals surface area contributed by atoms with Gasteiger partial charge in [-0.2, -0.15) is 11.3 Å². The van der Waals surface area contributed by atoms with Gasteiger partial charge in [-0.05, 0) is 33.3 Å². The van der Waals surface area contributed by atoms with Gasteiger partial charge in [-0.3, -0.25) is 0 Å². The third kappa shape index (κ3) is 6.61. The molecule has 1 radical (unpaired) electrons. The van der Waals surface area contributed by atoms with Crippen molar-refractivity contribution in [3.8, 4) is 22.5 Å². The molecule has 40 heavy (non-hydrogen) atoms. The number of fused-ring (bicyclic) bond motifs is 3. The molecule has 0 aliphatic heterocycles. The number of aromatic nitrogens is 2. The predicted molar refractivity (Wildman–Crippen MR) is 167 cm³/mol. The summed E-state index contributed by atoms with van der Waals surface area (Å²) >= 11 is -0.0271. The van der Waals surface area contributed by atoms with Gasteiger partial charge in [0.05, 0.1) is 6.20 Å². The molecule has 3 aromatic heterocycles. The maximum absolute atomic E-state index is 14.1. The van der Waals surface area contributed by atoms with Gasteiger partial charge in [-0.25, -0.2) is 4.39 Å². The number of hydrogen-bond acceptors (Lipinski definition) is 3. The van der Waals surface area contributed by atoms with E-state index in [1.165, 1.54) is 20.7 Å². The average Bonchev–Trinajstić information content (AvgIpc) is 3.32. The largest absolute Gasteiger partial charge is 0 e. The van der Waals surface area contributed by atoms with E-state index in [0.29, 0.717) is 11.3 Å². The summed E-state index contributed by atoms with van der Waals surface area (Å²) in [7, 11) is 0. The summed E-state index contributed by atoms with van der Waals surface area (Å²) in [5, 5.41) is 2.36. The van der Waals surface area contributed by atoms with Gasteiger partial charge in [0, 0.05) is 26.2 Å². The summed E-state index contributed by atoms with van der Waals surface area (Å²) in [4.78, 5) is 8.79. The second-order valence-corrected chi connectivity index (χ2v) is 22.4. The number of thiophene rings is 1. The van der Waals surface area contributed by atoms with Crippen molar-refractivity contribution in [1.82, 2.24) is 9.97 Å². The third-order valence-corrected chi connectivity index (χ3v) is 12.1. The van der Waals surface area contributed by atoms with Crippen molar-refractivity contribution in [2.24, 2.45) is 0 Å². The third-order valence-electron chi connectivity index (χ3n) is 6.60. The standard InChI is InChI=1S/C20H15FNS.C14H16GeN.Ir/c1-12(2)16-10-18(22-11-17(16)21)15-8-5-7-14-13-6-3-4-9-19(13)23-20(14)15;1-15(2,3)13-9-10-14(16-11-13)12-7-5-4-6-8-12;/h3-7,9-12H,1-2H3;4-7,9-11H,1-3H3;/q2*-1;/i12D;;. The minimum Gasteiger partial charge on any atom is 0 e. The Morgan fingerprint density at radius 1 is 0.850 bits per heavy atom. The van der Waals surface area contributed by atoms with E-state index in [9.17, 15) is 4.39 Å². The normalized spacial score (nSPS) is 11.9. The molecule has 0 amide bonds. The zero-order valence-electron chi connectivity index (χ0n) is 24.2. The fraction of sp³-hybridized carbons (Fsp3) is 0.176. The first kappa shape index (κ1) is 28.8. The summed E-state index contributed by atoms with van der Waals surface area (Å²) in [6.07, 6.45) is 3.25. The molecule has 0 spiro atoms. The number of benzene rings is 3. The molecule has 3 heterocycles. The van der Waals surface area contributed by atoms with Crippen LogP contribution in [0.4, 0.5) is 4.39 Å². The van der Waals surface area contributed by atoms with Gasteiger partial charge in [-0.1, -0.05) is 43.5 Å². The van der Waals surface area contributed by atoms with E-state index in [1.54, 1.807) is 31.3 Å². The van der Waals surface area contributed by atoms with Crippen LogP contribution in [-0.2, 0) is 20.1 Å². The SMILES string of the molecule is [2H]C(C)(C)c1cc(-c2[c-]ccc3c2sc2ccccc23)ncc1F.[CH3][Ge]([CH3])([CH3])[c]1ccc(-c2[c-]cccc2)nc1.[Ir]. The first-order valence-electron chi connectivity index (χ1n) is 13.4. The van der Waals surface area contributed by atoms with E-state index in [1.807, 2.05) is 48.7 Å². The molecule has 6 rings (SSSR count). The molecular weight excluding hydrogens is 752 g/mol. The van der Waals surface area contributed by atoms with Gasteiger partial charge in [0.25, 0.3) is 0 Å². The second-order valence-electron chi connectivity index (χ2n) is 10.7. The van der Waals surface area contributed by atoms with Crippen molar-refractivity contribution >= 4 is 49.2 Å². The van der Waals surface area contributed by atoms with Crippen LogP contribution < -0.4 is 4.40 Å². The molecule has 0 N–H and O–H groups in total. The zero-order chi connectivity index (χ0) is 28.5. The zero-order valence-corrected chi connectivity index (χ0v) is 28.5. The predicted octanol–water partition coefficient (Wildman–Crippen LogP) is 9.27. The van der Waals surface area contributed by atoms with Gasteiger partial charge in [0.2, 0.25) is 0 Å². The molecule has 0 bridgehead atoms. The van der Waals surface area contributed by atoms with Crippen LogP contribution in [0.1, 0.15) is 26.7 Å². The Kier molecular flexibility index (Phi) is 9.27. The molecule has 0 aliphatic carbocycles. The molecule has 6 heteroatoms. The molecule has 0 saturated heterocycles. The Morgan fingerprint density at radius 3 is 2.27 bits per heavy atom. The van der Waals surface area contributed by atoms with E-state index in [2.05, 4.69) is 69.7 Å². The Bertz CT molecular complexity index is 1780. The van der Waals surface area contributed by atoms with E-state index in [0.717, 1.165) is 26.9 Å². The smallest absolute Gasteiger partial charge is 0 e. The monoisotopic (exact) mass is 786 g/mol. The minimum absolute atomic E-state index is 0. The van der Waals surface area contributed by atoms with Crippen molar-refractivity contribution in [1.29, 1.82) is 0 Å². The summed E-state index contributed by atoms with van der Waals surface area (Å²) in [6, 6.07) is 32.6. The quantitative estimate of drug-likeness (QED) is 0.132. The Hall–Kier alpha value is -2.70. The van der Waals surface area contributed by atoms with Gasteiger partial charge >= 0.3 is 99.8 Å². The molecule has 205 valence electrons. The maximum atomic E-state index is 14.1. The number of nitrogens with zero attached hydrogens (tertiary/aromatic N) is 2. The topological polar surface area (TPSA) is 25.8 Å². The number of rotatable bonds is 4. The summed E-state index contributed by atoms with van der Waals surface area (Å²) < 4.78 is 26.0. The van der Waals surface area contributed by atoms with Crippen LogP contribution in [0.5, 0.6) is 0 Å². The van der Waals surface area contributed by atoms with Crippen LogP contribution in [0.25, 0.3) is 42.7 Å². The second kappa shape index (κ2) is 12.9. The fourth-order valence-electron chi connectivity index (χ4n) is 4.39. The average molecular weight is 785 g/mol. The van der Waals surface area contributed by atoms with Gasteiger partial charge in [-0.15, -0.1) is 23.8 Å². The van der Waals surface area contributed by atoms with E-state index in [-0.39, 0.29) is 20.1 Å². The van der Waals surface area contributed by atoms with Crippen LogP contribution in [0.2, 0.25) is 17.3 Å². The number of halogens is 1. The molecule has 6 aromatic rings. The molecule has 0 saturated carbocycles. The minimum atomic E-state index is -1.72. The summed E-state index contributed by atoms with van der Waals surface area (Å²) in [6.45, 7) is 3.36. The van der Waals surface area contributed by atoms with Crippen LogP contribution in [-0.4, -0.2) is 23.2 Å². The summed E-state index contributed by atoms with van der Waals surface area (Å²) in [5.74, 6) is 5.68. The van der Waals surface area contributed by atoms with Crippen LogP contribution in [0, 0.1) is 17.9 Å². The molecule has 3 aromatic carbocycles. The van der Waals surface area contributed by atoms with Crippen molar-refractivity contribution in [3.63, 3.8) is 0 Å². The van der Waals surface area contributed by atoms with Crippen LogP contribution in [0.15, 0.2) is 91.3 Å². The maximum Gasteiger partial charge on any atom is 0 e. The molecule has 0 aliphatic rings. The van der Waals surface area contributed by atoms with Gasteiger partial charge in [0.1, 0.15) is 5.82 Å². The van der Waals surface area contributed by atoms with Crippen LogP contribution >= 0.6 is 11.3 Å². The van der Waals surface area contributed by atoms with Crippen LogP contribution in [0.3, 0.4) is 0 Å². The van der Waals surface area contributed by atoms with Crippen molar-refractivity contribution in [3.05, 3.63) is 115 Å². The van der Waals surface area contributed by atoms with E-state index >= 15 is 0 Å². The van der Waals surface area contributed by atoms with Crippen molar-refractivity contribution in [2.45, 2.75) is 37.0 Å².